The van der Waals surface area contributed by atoms with Gasteiger partial charge in [0.1, 0.15) is 0 Å². The molecule has 0 aliphatic heterocycles. The van der Waals surface area contributed by atoms with E-state index in [9.17, 15) is 19.2 Å². The number of carbonyl (C=O) groups excluding carboxylic acids is 2. The van der Waals surface area contributed by atoms with Crippen molar-refractivity contribution >= 4 is 23.9 Å². The first-order valence-electron chi connectivity index (χ1n) is 6.48. The van der Waals surface area contributed by atoms with Crippen molar-refractivity contribution in [2.75, 3.05) is 0 Å². The minimum atomic E-state index is -1.15. The second-order valence-corrected chi connectivity index (χ2v) is 4.51. The number of hydrogen-bond acceptors (Lipinski definition) is 6. The first-order valence-corrected chi connectivity index (χ1v) is 6.48. The van der Waals surface area contributed by atoms with E-state index in [0.29, 0.717) is 0 Å². The van der Waals surface area contributed by atoms with Gasteiger partial charge in [-0.05, 0) is 48.5 Å². The molecule has 2 N–H and O–H groups in total. The standard InChI is InChI=1S/C16H10O8/c17-13(18)9-1-5-11(6-2-9)15(21)23-24-16(22)12-7-3-10(4-8-12)14(19)20/h1-8H,(H,17,18)(H,19,20). The topological polar surface area (TPSA) is 127 Å². The van der Waals surface area contributed by atoms with Gasteiger partial charge in [-0.1, -0.05) is 0 Å². The van der Waals surface area contributed by atoms with Gasteiger partial charge in [-0.25, -0.2) is 29.0 Å². The van der Waals surface area contributed by atoms with Crippen LogP contribution in [0.25, 0.3) is 0 Å². The molecule has 122 valence electrons. The highest BCUT2D eigenvalue weighted by Crippen LogP contribution is 2.09. The van der Waals surface area contributed by atoms with Gasteiger partial charge >= 0.3 is 23.9 Å². The maximum atomic E-state index is 11.7. The summed E-state index contributed by atoms with van der Waals surface area (Å²) in [6.07, 6.45) is 0. The molecular weight excluding hydrogens is 320 g/mol. The molecule has 2 aromatic rings. The predicted octanol–water partition coefficient (Wildman–Crippen LogP) is 2.01. The molecule has 0 atom stereocenters. The summed E-state index contributed by atoms with van der Waals surface area (Å²) in [6, 6.07) is 9.64. The number of benzene rings is 2. The number of rotatable bonds is 4. The number of carboxylic acids is 2. The van der Waals surface area contributed by atoms with Crippen LogP contribution in [0.2, 0.25) is 0 Å². The van der Waals surface area contributed by atoms with Crippen molar-refractivity contribution in [1.82, 2.24) is 0 Å². The third-order valence-electron chi connectivity index (χ3n) is 2.93. The van der Waals surface area contributed by atoms with Crippen LogP contribution in [0.15, 0.2) is 48.5 Å². The maximum absolute atomic E-state index is 11.7. The number of hydrogen-bond donors (Lipinski definition) is 2. The second kappa shape index (κ2) is 7.05. The largest absolute Gasteiger partial charge is 0.478 e. The zero-order chi connectivity index (χ0) is 17.7. The highest BCUT2D eigenvalue weighted by atomic mass is 17.2. The lowest BCUT2D eigenvalue weighted by atomic mass is 10.1. The van der Waals surface area contributed by atoms with Crippen molar-refractivity contribution in [1.29, 1.82) is 0 Å². The van der Waals surface area contributed by atoms with Crippen molar-refractivity contribution in [3.05, 3.63) is 70.8 Å². The molecule has 0 aromatic heterocycles. The van der Waals surface area contributed by atoms with E-state index in [4.69, 9.17) is 10.2 Å². The first kappa shape index (κ1) is 16.7. The molecule has 8 heteroatoms. The molecule has 0 saturated heterocycles. The number of carbonyl (C=O) groups is 4. The molecule has 2 rings (SSSR count). The molecule has 0 fully saturated rings. The summed E-state index contributed by atoms with van der Waals surface area (Å²) in [6.45, 7) is 0. The minimum Gasteiger partial charge on any atom is -0.478 e. The van der Waals surface area contributed by atoms with Crippen LogP contribution < -0.4 is 0 Å². The van der Waals surface area contributed by atoms with E-state index in [0.717, 1.165) is 0 Å². The normalized spacial score (nSPS) is 9.83. The Labute approximate surface area is 134 Å². The van der Waals surface area contributed by atoms with Crippen LogP contribution in [0.4, 0.5) is 0 Å². The molecule has 0 spiro atoms. The average Bonchev–Trinajstić information content (AvgIpc) is 2.59. The second-order valence-electron chi connectivity index (χ2n) is 4.51. The summed E-state index contributed by atoms with van der Waals surface area (Å²) in [4.78, 5) is 53.5. The summed E-state index contributed by atoms with van der Waals surface area (Å²) < 4.78 is 0. The van der Waals surface area contributed by atoms with Crippen molar-refractivity contribution in [2.45, 2.75) is 0 Å². The van der Waals surface area contributed by atoms with Gasteiger partial charge in [-0.2, -0.15) is 0 Å². The Bertz CT molecular complexity index is 720. The van der Waals surface area contributed by atoms with Gasteiger partial charge in [0.05, 0.1) is 22.3 Å². The van der Waals surface area contributed by atoms with Crippen LogP contribution in [-0.4, -0.2) is 34.1 Å². The lowest BCUT2D eigenvalue weighted by Crippen LogP contribution is -2.12. The van der Waals surface area contributed by atoms with Crippen LogP contribution in [0.5, 0.6) is 0 Å². The van der Waals surface area contributed by atoms with Gasteiger partial charge in [0.25, 0.3) is 0 Å². The quantitative estimate of drug-likeness (QED) is 0.643. The fourth-order valence-corrected chi connectivity index (χ4v) is 1.67. The molecule has 0 aliphatic carbocycles. The summed E-state index contributed by atoms with van der Waals surface area (Å²) in [5, 5.41) is 17.5. The molecule has 0 saturated carbocycles. The molecule has 0 aliphatic rings. The van der Waals surface area contributed by atoms with Crippen LogP contribution >= 0.6 is 0 Å². The Morgan fingerprint density at radius 3 is 1.04 bits per heavy atom. The van der Waals surface area contributed by atoms with E-state index in [-0.39, 0.29) is 22.3 Å². The van der Waals surface area contributed by atoms with Gasteiger partial charge < -0.3 is 10.2 Å². The van der Waals surface area contributed by atoms with E-state index in [1.807, 2.05) is 0 Å². The molecule has 8 nitrogen and oxygen atoms in total. The fraction of sp³-hybridized carbons (Fsp3) is 0. The van der Waals surface area contributed by atoms with Crippen molar-refractivity contribution in [3.63, 3.8) is 0 Å². The van der Waals surface area contributed by atoms with Crippen LogP contribution in [0, 0.1) is 0 Å². The lowest BCUT2D eigenvalue weighted by Gasteiger charge is -2.04. The van der Waals surface area contributed by atoms with E-state index in [2.05, 4.69) is 9.78 Å². The van der Waals surface area contributed by atoms with Gasteiger partial charge in [0.2, 0.25) is 0 Å². The average molecular weight is 330 g/mol. The molecule has 0 amide bonds. The van der Waals surface area contributed by atoms with Gasteiger partial charge in [-0.3, -0.25) is 0 Å². The van der Waals surface area contributed by atoms with E-state index in [1.165, 1.54) is 48.5 Å². The van der Waals surface area contributed by atoms with Crippen LogP contribution in [0.1, 0.15) is 41.4 Å². The Morgan fingerprint density at radius 1 is 0.542 bits per heavy atom. The van der Waals surface area contributed by atoms with Gasteiger partial charge in [0, 0.05) is 0 Å². The highest BCUT2D eigenvalue weighted by Gasteiger charge is 2.15. The van der Waals surface area contributed by atoms with E-state index >= 15 is 0 Å². The minimum absolute atomic E-state index is 0.00553. The van der Waals surface area contributed by atoms with Crippen molar-refractivity contribution in [3.8, 4) is 0 Å². The molecule has 0 heterocycles. The number of aromatic carboxylic acids is 2. The van der Waals surface area contributed by atoms with E-state index in [1.54, 1.807) is 0 Å². The maximum Gasteiger partial charge on any atom is 0.386 e. The van der Waals surface area contributed by atoms with E-state index < -0.39 is 23.9 Å². The fourth-order valence-electron chi connectivity index (χ4n) is 1.67. The third-order valence-corrected chi connectivity index (χ3v) is 2.93. The van der Waals surface area contributed by atoms with Gasteiger partial charge in [0.15, 0.2) is 0 Å². The van der Waals surface area contributed by atoms with Crippen molar-refractivity contribution < 1.29 is 39.2 Å². The van der Waals surface area contributed by atoms with Crippen LogP contribution in [0.3, 0.4) is 0 Å². The Kier molecular flexibility index (Phi) is 4.90. The molecule has 0 radical (unpaired) electrons. The summed E-state index contributed by atoms with van der Waals surface area (Å²) >= 11 is 0. The van der Waals surface area contributed by atoms with Crippen LogP contribution in [-0.2, 0) is 9.78 Å². The molecule has 24 heavy (non-hydrogen) atoms. The number of carboxylic acid groups (broad SMARTS) is 2. The zero-order valence-electron chi connectivity index (χ0n) is 12.0. The summed E-state index contributed by atoms with van der Waals surface area (Å²) in [7, 11) is 0. The zero-order valence-corrected chi connectivity index (χ0v) is 12.0. The summed E-state index contributed by atoms with van der Waals surface area (Å²) in [5.41, 5.74) is -0.0350. The van der Waals surface area contributed by atoms with Crippen molar-refractivity contribution in [2.24, 2.45) is 0 Å². The summed E-state index contributed by atoms with van der Waals surface area (Å²) in [5.74, 6) is -4.26. The third kappa shape index (κ3) is 3.95. The highest BCUT2D eigenvalue weighted by molar-refractivity contribution is 5.94. The monoisotopic (exact) mass is 330 g/mol. The molecule has 0 bridgehead atoms. The smallest absolute Gasteiger partial charge is 0.386 e. The Hall–Kier alpha value is -3.68. The molecule has 0 unspecified atom stereocenters. The molecule has 2 aromatic carbocycles. The predicted molar refractivity (Wildman–Crippen MR) is 77.6 cm³/mol. The van der Waals surface area contributed by atoms with Gasteiger partial charge in [-0.15, -0.1) is 0 Å². The lowest BCUT2D eigenvalue weighted by molar-refractivity contribution is -0.187. The SMILES string of the molecule is O=C(O)c1ccc(C(=O)OOC(=O)c2ccc(C(=O)O)cc2)cc1. The first-order chi connectivity index (χ1) is 11.4. The Morgan fingerprint density at radius 2 is 0.792 bits per heavy atom. The molecular formula is C16H10O8. The Balaban J connectivity index is 1.96.